The number of esters is 1. The van der Waals surface area contributed by atoms with Gasteiger partial charge in [-0.2, -0.15) is 0 Å². The summed E-state index contributed by atoms with van der Waals surface area (Å²) in [5, 5.41) is 10.9. The number of furan rings is 1. The molecule has 2 heterocycles. The van der Waals surface area contributed by atoms with Gasteiger partial charge in [0, 0.05) is 27.7 Å². The molecule has 1 aliphatic heterocycles. The molecule has 6 nitrogen and oxygen atoms in total. The fourth-order valence-electron chi connectivity index (χ4n) is 2.78. The zero-order chi connectivity index (χ0) is 19.7. The molecule has 7 heteroatoms. The highest BCUT2D eigenvalue weighted by molar-refractivity contribution is 9.10. The van der Waals surface area contributed by atoms with Crippen molar-refractivity contribution in [3.63, 3.8) is 0 Å². The molecule has 28 heavy (non-hydrogen) atoms. The van der Waals surface area contributed by atoms with E-state index >= 15 is 0 Å². The van der Waals surface area contributed by atoms with Gasteiger partial charge in [-0.3, -0.25) is 10.1 Å². The Morgan fingerprint density at radius 2 is 1.82 bits per heavy atom. The van der Waals surface area contributed by atoms with E-state index in [9.17, 15) is 14.9 Å². The minimum absolute atomic E-state index is 0.0168. The Morgan fingerprint density at radius 1 is 1.04 bits per heavy atom. The van der Waals surface area contributed by atoms with E-state index in [2.05, 4.69) is 15.9 Å². The Bertz CT molecular complexity index is 1140. The SMILES string of the molecule is O=C1OC(c2ccccc2)=CC1=Cc1ccc(-c2ccc([N+](=O)[O-])cc2Br)o1. The number of carbonyl (C=O) groups is 1. The number of non-ortho nitro benzene ring substituents is 1. The number of carbonyl (C=O) groups excluding carboxylic acids is 1. The van der Waals surface area contributed by atoms with Gasteiger partial charge in [0.15, 0.2) is 0 Å². The molecule has 0 bridgehead atoms. The summed E-state index contributed by atoms with van der Waals surface area (Å²) in [5.41, 5.74) is 1.85. The lowest BCUT2D eigenvalue weighted by Crippen LogP contribution is -1.96. The fourth-order valence-corrected chi connectivity index (χ4v) is 3.34. The van der Waals surface area contributed by atoms with E-state index in [0.717, 1.165) is 5.56 Å². The fraction of sp³-hybridized carbons (Fsp3) is 0. The molecule has 1 aromatic heterocycles. The number of cyclic esters (lactones) is 1. The third-order valence-electron chi connectivity index (χ3n) is 4.14. The minimum atomic E-state index is -0.463. The van der Waals surface area contributed by atoms with Crippen molar-refractivity contribution in [3.8, 4) is 11.3 Å². The predicted octanol–water partition coefficient (Wildman–Crippen LogP) is 5.60. The number of ether oxygens (including phenoxy) is 1. The highest BCUT2D eigenvalue weighted by Crippen LogP contribution is 2.34. The number of nitro benzene ring substituents is 1. The summed E-state index contributed by atoms with van der Waals surface area (Å²) >= 11 is 3.33. The van der Waals surface area contributed by atoms with Crippen LogP contribution in [0.1, 0.15) is 11.3 Å². The van der Waals surface area contributed by atoms with E-state index in [1.165, 1.54) is 12.1 Å². The van der Waals surface area contributed by atoms with Gasteiger partial charge in [-0.25, -0.2) is 4.79 Å². The highest BCUT2D eigenvalue weighted by atomic mass is 79.9. The highest BCUT2D eigenvalue weighted by Gasteiger charge is 2.22. The van der Waals surface area contributed by atoms with Crippen LogP contribution in [0.5, 0.6) is 0 Å². The van der Waals surface area contributed by atoms with Gasteiger partial charge in [0.1, 0.15) is 17.3 Å². The van der Waals surface area contributed by atoms with Crippen LogP contribution in [-0.2, 0) is 9.53 Å². The van der Waals surface area contributed by atoms with Crippen molar-refractivity contribution in [2.45, 2.75) is 0 Å². The molecule has 0 spiro atoms. The molecule has 0 atom stereocenters. The third-order valence-corrected chi connectivity index (χ3v) is 4.79. The first kappa shape index (κ1) is 17.9. The van der Waals surface area contributed by atoms with Crippen LogP contribution in [0.4, 0.5) is 5.69 Å². The maximum atomic E-state index is 12.1. The summed E-state index contributed by atoms with van der Waals surface area (Å²) in [5.74, 6) is 1.03. The summed E-state index contributed by atoms with van der Waals surface area (Å²) in [6.07, 6.45) is 3.27. The van der Waals surface area contributed by atoms with Crippen molar-refractivity contribution in [2.24, 2.45) is 0 Å². The topological polar surface area (TPSA) is 82.6 Å². The first-order valence-electron chi connectivity index (χ1n) is 8.26. The lowest BCUT2D eigenvalue weighted by Gasteiger charge is -2.01. The maximum Gasteiger partial charge on any atom is 0.343 e. The average Bonchev–Trinajstić information content (AvgIpc) is 3.30. The van der Waals surface area contributed by atoms with Crippen molar-refractivity contribution in [1.82, 2.24) is 0 Å². The molecule has 1 aliphatic rings. The van der Waals surface area contributed by atoms with E-state index < -0.39 is 10.9 Å². The van der Waals surface area contributed by atoms with Crippen LogP contribution in [-0.4, -0.2) is 10.9 Å². The second-order valence-electron chi connectivity index (χ2n) is 5.99. The summed E-state index contributed by atoms with van der Waals surface area (Å²) in [6, 6.07) is 17.2. The van der Waals surface area contributed by atoms with Crippen LogP contribution < -0.4 is 0 Å². The Kier molecular flexibility index (Phi) is 4.67. The molecule has 0 N–H and O–H groups in total. The number of nitro groups is 1. The molecule has 0 radical (unpaired) electrons. The van der Waals surface area contributed by atoms with Gasteiger partial charge >= 0.3 is 5.97 Å². The number of nitrogens with zero attached hydrogens (tertiary/aromatic N) is 1. The van der Waals surface area contributed by atoms with Crippen molar-refractivity contribution in [1.29, 1.82) is 0 Å². The minimum Gasteiger partial charge on any atom is -0.457 e. The molecule has 0 amide bonds. The van der Waals surface area contributed by atoms with Gasteiger partial charge in [0.2, 0.25) is 0 Å². The van der Waals surface area contributed by atoms with E-state index in [0.29, 0.717) is 32.9 Å². The van der Waals surface area contributed by atoms with Crippen molar-refractivity contribution in [3.05, 3.63) is 98.2 Å². The smallest absolute Gasteiger partial charge is 0.343 e. The van der Waals surface area contributed by atoms with Gasteiger partial charge in [0.25, 0.3) is 5.69 Å². The van der Waals surface area contributed by atoms with E-state index in [1.807, 2.05) is 30.3 Å². The van der Waals surface area contributed by atoms with Gasteiger partial charge in [-0.15, -0.1) is 0 Å². The van der Waals surface area contributed by atoms with Crippen LogP contribution in [0.15, 0.2) is 81.2 Å². The van der Waals surface area contributed by atoms with E-state index in [4.69, 9.17) is 9.15 Å². The van der Waals surface area contributed by atoms with Gasteiger partial charge < -0.3 is 9.15 Å². The molecule has 2 aromatic carbocycles. The number of hydrogen-bond acceptors (Lipinski definition) is 5. The quantitative estimate of drug-likeness (QED) is 0.229. The Labute approximate surface area is 168 Å². The van der Waals surface area contributed by atoms with Crippen molar-refractivity contribution < 1.29 is 18.9 Å². The van der Waals surface area contributed by atoms with Crippen molar-refractivity contribution >= 4 is 39.4 Å². The molecular formula is C21H12BrNO5. The first-order chi connectivity index (χ1) is 13.5. The number of hydrogen-bond donors (Lipinski definition) is 0. The van der Waals surface area contributed by atoms with E-state index in [-0.39, 0.29) is 5.69 Å². The van der Waals surface area contributed by atoms with Crippen molar-refractivity contribution in [2.75, 3.05) is 0 Å². The summed E-state index contributed by atoms with van der Waals surface area (Å²) in [6.45, 7) is 0. The number of benzene rings is 2. The molecular weight excluding hydrogens is 426 g/mol. The average molecular weight is 438 g/mol. The van der Waals surface area contributed by atoms with Gasteiger partial charge in [-0.1, -0.05) is 30.3 Å². The molecule has 138 valence electrons. The Balaban J connectivity index is 1.62. The maximum absolute atomic E-state index is 12.1. The predicted molar refractivity (Wildman–Crippen MR) is 107 cm³/mol. The van der Waals surface area contributed by atoms with Crippen LogP contribution in [0.3, 0.4) is 0 Å². The van der Waals surface area contributed by atoms with Crippen LogP contribution >= 0.6 is 15.9 Å². The Morgan fingerprint density at radius 3 is 2.54 bits per heavy atom. The first-order valence-corrected chi connectivity index (χ1v) is 9.06. The number of rotatable bonds is 4. The molecule has 3 aromatic rings. The second kappa shape index (κ2) is 7.28. The monoisotopic (exact) mass is 437 g/mol. The Hall–Kier alpha value is -3.45. The zero-order valence-electron chi connectivity index (χ0n) is 14.3. The van der Waals surface area contributed by atoms with Gasteiger partial charge in [0.05, 0.1) is 10.5 Å². The molecule has 0 unspecified atom stereocenters. The van der Waals surface area contributed by atoms with Crippen LogP contribution in [0, 0.1) is 10.1 Å². The lowest BCUT2D eigenvalue weighted by molar-refractivity contribution is -0.384. The zero-order valence-corrected chi connectivity index (χ0v) is 15.9. The lowest BCUT2D eigenvalue weighted by atomic mass is 10.1. The van der Waals surface area contributed by atoms with Gasteiger partial charge in [-0.05, 0) is 46.3 Å². The number of halogens is 1. The molecule has 0 saturated carbocycles. The normalized spacial score (nSPS) is 14.8. The second-order valence-corrected chi connectivity index (χ2v) is 6.84. The van der Waals surface area contributed by atoms with E-state index in [1.54, 1.807) is 30.4 Å². The van der Waals surface area contributed by atoms with Crippen LogP contribution in [0.2, 0.25) is 0 Å². The third kappa shape index (κ3) is 3.52. The summed E-state index contributed by atoms with van der Waals surface area (Å²) in [7, 11) is 0. The molecule has 0 fully saturated rings. The standard InChI is InChI=1S/C21H12BrNO5/c22-18-12-15(23(25)26)6-8-17(18)19-9-7-16(27-19)10-14-11-20(28-21(14)24)13-4-2-1-3-5-13/h1-12H. The molecule has 0 saturated heterocycles. The molecule has 0 aliphatic carbocycles. The van der Waals surface area contributed by atoms with Crippen LogP contribution in [0.25, 0.3) is 23.2 Å². The largest absolute Gasteiger partial charge is 0.457 e. The summed E-state index contributed by atoms with van der Waals surface area (Å²) < 4.78 is 11.7. The summed E-state index contributed by atoms with van der Waals surface area (Å²) in [4.78, 5) is 22.5. The molecule has 4 rings (SSSR count).